The van der Waals surface area contributed by atoms with Crippen molar-refractivity contribution in [2.24, 2.45) is 7.05 Å². The summed E-state index contributed by atoms with van der Waals surface area (Å²) in [5.41, 5.74) is 2.27. The lowest BCUT2D eigenvalue weighted by molar-refractivity contribution is -0.192. The lowest BCUT2D eigenvalue weighted by atomic mass is 10.0. The number of hydrogen-bond donors (Lipinski definition) is 1. The number of nitrogens with zero attached hydrogens (tertiary/aromatic N) is 4. The number of aryl methyl sites for hydroxylation is 2. The first-order valence-corrected chi connectivity index (χ1v) is 10.7. The smallest absolute Gasteiger partial charge is 0.475 e. The fraction of sp³-hybridized carbons (Fsp3) is 0.632. The van der Waals surface area contributed by atoms with E-state index in [1.54, 1.807) is 11.3 Å². The Morgan fingerprint density at radius 2 is 2.19 bits per heavy atom. The van der Waals surface area contributed by atoms with Crippen molar-refractivity contribution in [2.45, 2.75) is 57.3 Å². The zero-order chi connectivity index (χ0) is 22.6. The van der Waals surface area contributed by atoms with Crippen LogP contribution in [0.2, 0.25) is 0 Å². The average Bonchev–Trinajstić information content (AvgIpc) is 3.40. The van der Waals surface area contributed by atoms with Crippen molar-refractivity contribution in [1.29, 1.82) is 0 Å². The lowest BCUT2D eigenvalue weighted by Crippen LogP contribution is -2.41. The predicted octanol–water partition coefficient (Wildman–Crippen LogP) is 2.77. The molecule has 0 bridgehead atoms. The van der Waals surface area contributed by atoms with Crippen LogP contribution in [-0.4, -0.2) is 68.3 Å². The summed E-state index contributed by atoms with van der Waals surface area (Å²) in [5.74, 6) is -2.76. The van der Waals surface area contributed by atoms with Crippen LogP contribution in [0.15, 0.2) is 17.8 Å². The lowest BCUT2D eigenvalue weighted by Gasteiger charge is -2.32. The number of alkyl halides is 3. The minimum Gasteiger partial charge on any atom is -0.475 e. The predicted molar refractivity (Wildman–Crippen MR) is 105 cm³/mol. The van der Waals surface area contributed by atoms with Crippen molar-refractivity contribution in [3.8, 4) is 0 Å². The Morgan fingerprint density at radius 3 is 2.77 bits per heavy atom. The molecule has 2 fully saturated rings. The van der Waals surface area contributed by atoms with Gasteiger partial charge in [0.05, 0.1) is 29.6 Å². The number of carbonyl (C=O) groups is 1. The van der Waals surface area contributed by atoms with Gasteiger partial charge in [0.15, 0.2) is 0 Å². The van der Waals surface area contributed by atoms with Crippen molar-refractivity contribution >= 4 is 17.3 Å². The van der Waals surface area contributed by atoms with Crippen molar-refractivity contribution in [3.63, 3.8) is 0 Å². The fourth-order valence-corrected chi connectivity index (χ4v) is 4.38. The number of aromatic nitrogens is 3. The highest BCUT2D eigenvalue weighted by Crippen LogP contribution is 2.32. The van der Waals surface area contributed by atoms with Crippen molar-refractivity contribution < 1.29 is 32.5 Å². The molecular weight excluding hydrogens is 437 g/mol. The monoisotopic (exact) mass is 462 g/mol. The number of carboxylic acid groups (broad SMARTS) is 1. The van der Waals surface area contributed by atoms with Crippen molar-refractivity contribution in [1.82, 2.24) is 19.7 Å². The second-order valence-corrected chi connectivity index (χ2v) is 8.57. The van der Waals surface area contributed by atoms with E-state index in [1.165, 1.54) is 12.0 Å². The standard InChI is InChI=1S/C17H24N4O2S.C2HF3O2/c1-12-19-14(11-24-12)10-23-16-9-21(8-13-6-18-20(2)7-13)15-4-3-5-22-17(15)16;3-2(4,5)1(6)7/h6-7,11,15-17H,3-5,8-10H2,1-2H3;(H,6,7)/t15-,16-,17+;/m1./s1. The van der Waals surface area contributed by atoms with E-state index in [2.05, 4.69) is 26.6 Å². The van der Waals surface area contributed by atoms with E-state index in [4.69, 9.17) is 19.4 Å². The normalized spacial score (nSPS) is 23.8. The molecule has 1 N–H and O–H groups in total. The molecule has 0 aliphatic carbocycles. The van der Waals surface area contributed by atoms with Gasteiger partial charge >= 0.3 is 12.1 Å². The Bertz CT molecular complexity index is 872. The molecule has 4 heterocycles. The molecule has 4 rings (SSSR count). The zero-order valence-corrected chi connectivity index (χ0v) is 18.0. The van der Waals surface area contributed by atoms with Gasteiger partial charge in [0.1, 0.15) is 6.10 Å². The summed E-state index contributed by atoms with van der Waals surface area (Å²) in [4.78, 5) is 15.9. The summed E-state index contributed by atoms with van der Waals surface area (Å²) in [6, 6.07) is 0.445. The first-order chi connectivity index (χ1) is 14.6. The highest BCUT2D eigenvalue weighted by atomic mass is 32.1. The van der Waals surface area contributed by atoms with E-state index in [9.17, 15) is 13.2 Å². The molecule has 2 aromatic heterocycles. The second kappa shape index (κ2) is 10.1. The van der Waals surface area contributed by atoms with E-state index in [-0.39, 0.29) is 12.2 Å². The highest BCUT2D eigenvalue weighted by molar-refractivity contribution is 7.09. The SMILES string of the molecule is Cc1nc(CO[C@@H]2CN(Cc3cnn(C)c3)[C@@H]3CCCO[C@@H]32)cs1.O=C(O)C(F)(F)F. The summed E-state index contributed by atoms with van der Waals surface area (Å²) in [7, 11) is 1.96. The second-order valence-electron chi connectivity index (χ2n) is 7.51. The first kappa shape index (κ1) is 23.6. The number of halogens is 3. The molecule has 3 atom stereocenters. The third kappa shape index (κ3) is 6.48. The van der Waals surface area contributed by atoms with Crippen LogP contribution >= 0.6 is 11.3 Å². The summed E-state index contributed by atoms with van der Waals surface area (Å²) in [6.45, 7) is 5.26. The molecule has 2 aromatic rings. The van der Waals surface area contributed by atoms with Crippen LogP contribution in [0, 0.1) is 6.92 Å². The van der Waals surface area contributed by atoms with E-state index in [0.717, 1.165) is 36.8 Å². The number of thiazole rings is 1. The largest absolute Gasteiger partial charge is 0.490 e. The van der Waals surface area contributed by atoms with Gasteiger partial charge in [-0.1, -0.05) is 0 Å². The summed E-state index contributed by atoms with van der Waals surface area (Å²) in [6.07, 6.45) is 1.56. The molecule has 12 heteroatoms. The molecular formula is C19H25F3N4O4S. The number of likely N-dealkylation sites (tertiary alicyclic amines) is 1. The molecule has 0 amide bonds. The maximum absolute atomic E-state index is 10.6. The van der Waals surface area contributed by atoms with Crippen LogP contribution in [0.1, 0.15) is 29.1 Å². The van der Waals surface area contributed by atoms with Gasteiger partial charge in [-0.2, -0.15) is 18.3 Å². The Hall–Kier alpha value is -2.02. The van der Waals surface area contributed by atoms with E-state index in [0.29, 0.717) is 12.6 Å². The van der Waals surface area contributed by atoms with Gasteiger partial charge in [-0.05, 0) is 19.8 Å². The summed E-state index contributed by atoms with van der Waals surface area (Å²) >= 11 is 1.67. The third-order valence-electron chi connectivity index (χ3n) is 5.08. The Kier molecular flexibility index (Phi) is 7.68. The Labute approximate surface area is 181 Å². The molecule has 31 heavy (non-hydrogen) atoms. The van der Waals surface area contributed by atoms with Crippen molar-refractivity contribution in [3.05, 3.63) is 34.0 Å². The maximum atomic E-state index is 10.6. The molecule has 0 spiro atoms. The van der Waals surface area contributed by atoms with Crippen LogP contribution in [0.3, 0.4) is 0 Å². The minimum absolute atomic E-state index is 0.119. The molecule has 172 valence electrons. The summed E-state index contributed by atoms with van der Waals surface area (Å²) < 4.78 is 45.9. The molecule has 0 radical (unpaired) electrons. The van der Waals surface area contributed by atoms with E-state index in [1.807, 2.05) is 24.9 Å². The molecule has 2 aliphatic rings. The quantitative estimate of drug-likeness (QED) is 0.731. The first-order valence-electron chi connectivity index (χ1n) is 9.79. The van der Waals surface area contributed by atoms with Crippen LogP contribution in [-0.2, 0) is 34.5 Å². The van der Waals surface area contributed by atoms with Crippen LogP contribution < -0.4 is 0 Å². The van der Waals surface area contributed by atoms with Crippen LogP contribution in [0.5, 0.6) is 0 Å². The Balaban J connectivity index is 0.000000339. The highest BCUT2D eigenvalue weighted by Gasteiger charge is 2.44. The van der Waals surface area contributed by atoms with Gasteiger partial charge in [-0.3, -0.25) is 9.58 Å². The average molecular weight is 462 g/mol. The van der Waals surface area contributed by atoms with Gasteiger partial charge in [0.25, 0.3) is 0 Å². The molecule has 2 saturated heterocycles. The topological polar surface area (TPSA) is 89.7 Å². The number of hydrogen-bond acceptors (Lipinski definition) is 7. The van der Waals surface area contributed by atoms with Crippen LogP contribution in [0.4, 0.5) is 13.2 Å². The number of ether oxygens (including phenoxy) is 2. The number of carboxylic acids is 1. The maximum Gasteiger partial charge on any atom is 0.490 e. The van der Waals surface area contributed by atoms with E-state index >= 15 is 0 Å². The molecule has 2 aliphatic heterocycles. The van der Waals surface area contributed by atoms with Crippen molar-refractivity contribution in [2.75, 3.05) is 13.2 Å². The molecule has 8 nitrogen and oxygen atoms in total. The minimum atomic E-state index is -5.08. The number of fused-ring (bicyclic) bond motifs is 1. The summed E-state index contributed by atoms with van der Waals surface area (Å²) in [5, 5.41) is 14.6. The fourth-order valence-electron chi connectivity index (χ4n) is 3.79. The van der Waals surface area contributed by atoms with Gasteiger partial charge in [0.2, 0.25) is 0 Å². The zero-order valence-electron chi connectivity index (χ0n) is 17.2. The Morgan fingerprint density at radius 1 is 1.45 bits per heavy atom. The van der Waals surface area contributed by atoms with E-state index < -0.39 is 12.1 Å². The van der Waals surface area contributed by atoms with Gasteiger partial charge < -0.3 is 14.6 Å². The molecule has 0 aromatic carbocycles. The molecule has 0 unspecified atom stereocenters. The number of rotatable bonds is 5. The molecule has 0 saturated carbocycles. The third-order valence-corrected chi connectivity index (χ3v) is 5.90. The van der Waals surface area contributed by atoms with Gasteiger partial charge in [-0.25, -0.2) is 9.78 Å². The number of aliphatic carboxylic acids is 1. The van der Waals surface area contributed by atoms with Gasteiger partial charge in [0, 0.05) is 49.9 Å². The van der Waals surface area contributed by atoms with Gasteiger partial charge in [-0.15, -0.1) is 11.3 Å². The van der Waals surface area contributed by atoms with Crippen LogP contribution in [0.25, 0.3) is 0 Å².